The number of ether oxygens (including phenoxy) is 2. The molecule has 0 N–H and O–H groups in total. The highest BCUT2D eigenvalue weighted by Gasteiger charge is 2.22. The van der Waals surface area contributed by atoms with Crippen molar-refractivity contribution in [2.24, 2.45) is 0 Å². The van der Waals surface area contributed by atoms with Crippen molar-refractivity contribution in [2.45, 2.75) is 163 Å². The van der Waals surface area contributed by atoms with E-state index in [0.717, 1.165) is 52.3 Å². The second kappa shape index (κ2) is 29.8. The van der Waals surface area contributed by atoms with Gasteiger partial charge in [-0.2, -0.15) is 0 Å². The summed E-state index contributed by atoms with van der Waals surface area (Å²) in [5.41, 5.74) is 4.87. The minimum Gasteiger partial charge on any atom is -0.493 e. The van der Waals surface area contributed by atoms with Gasteiger partial charge < -0.3 is 9.47 Å². The van der Waals surface area contributed by atoms with Gasteiger partial charge in [0.1, 0.15) is 17.6 Å². The smallest absolute Gasteiger partial charge is 0.149 e. The largest absolute Gasteiger partial charge is 0.493 e. The molecular formula is C64H70O2S6. The molecule has 6 aromatic heterocycles. The maximum Gasteiger partial charge on any atom is 0.149 e. The van der Waals surface area contributed by atoms with E-state index < -0.39 is 0 Å². The van der Waals surface area contributed by atoms with E-state index in [0.29, 0.717) is 12.4 Å². The van der Waals surface area contributed by atoms with E-state index in [4.69, 9.17) is 15.9 Å². The molecule has 0 aliphatic rings. The Bertz CT molecular complexity index is 3020. The van der Waals surface area contributed by atoms with E-state index in [1.807, 2.05) is 68.0 Å². The predicted molar refractivity (Wildman–Crippen MR) is 322 cm³/mol. The normalized spacial score (nSPS) is 10.8. The van der Waals surface area contributed by atoms with Crippen molar-refractivity contribution in [2.75, 3.05) is 6.61 Å². The number of benzene rings is 1. The van der Waals surface area contributed by atoms with Gasteiger partial charge in [-0.05, 0) is 148 Å². The van der Waals surface area contributed by atoms with Gasteiger partial charge in [0.25, 0.3) is 0 Å². The maximum atomic E-state index is 6.91. The van der Waals surface area contributed by atoms with Crippen LogP contribution in [0.15, 0.2) is 72.8 Å². The molecule has 6 heterocycles. The summed E-state index contributed by atoms with van der Waals surface area (Å²) >= 11 is 11.3. The van der Waals surface area contributed by atoms with Crippen molar-refractivity contribution in [1.82, 2.24) is 0 Å². The fourth-order valence-electron chi connectivity index (χ4n) is 8.87. The summed E-state index contributed by atoms with van der Waals surface area (Å²) in [5.74, 6) is 17.4. The molecule has 0 atom stereocenters. The van der Waals surface area contributed by atoms with Gasteiger partial charge in [0, 0.05) is 87.4 Å². The summed E-state index contributed by atoms with van der Waals surface area (Å²) in [6, 6.07) is 27.5. The molecule has 7 rings (SSSR count). The Morgan fingerprint density at radius 2 is 0.833 bits per heavy atom. The molecule has 0 saturated carbocycles. The van der Waals surface area contributed by atoms with Crippen molar-refractivity contribution in [3.8, 4) is 119 Å². The highest BCUT2D eigenvalue weighted by Crippen LogP contribution is 2.51. The molecule has 0 aliphatic heterocycles. The summed E-state index contributed by atoms with van der Waals surface area (Å²) in [6.07, 6.45) is 33.0. The molecule has 0 radical (unpaired) electrons. The summed E-state index contributed by atoms with van der Waals surface area (Å²) in [6.45, 7) is 11.9. The Labute approximate surface area is 456 Å². The van der Waals surface area contributed by atoms with Crippen molar-refractivity contribution >= 4 is 68.0 Å². The first kappa shape index (κ1) is 55.0. The zero-order valence-corrected chi connectivity index (χ0v) is 48.0. The summed E-state index contributed by atoms with van der Waals surface area (Å²) in [7, 11) is 0. The molecule has 374 valence electrons. The molecule has 0 unspecified atom stereocenters. The first-order chi connectivity index (χ1) is 35.4. The van der Waals surface area contributed by atoms with E-state index in [2.05, 4.69) is 149 Å². The quantitative estimate of drug-likeness (QED) is 0.0344. The molecule has 72 heavy (non-hydrogen) atoms. The standard InChI is InChI=1S/C64H70O2S6/c1-7-11-15-19-23-27-31-49-43-61(57-35-33-47(5)67-57)71-63(49)59-39-37-55(69-59)51-45-54(66-42-30-26-22-18-14-10-4)52(46-53(51)65-41-29-25-21-17-13-9-3)56-38-40-60(70-56)64-50(32-28-24-20-16-12-8-2)44-62(72-64)58-36-34-48(6)68-58/h3,33-40,43-46H,7-8,10-12,14-16,18-20,22-24,26-28,30-32,42H2,1-2,4-6H3. The SMILES string of the molecule is C#CC#CC#CC#COc1cc(-c2ccc(-c3sc(-c4ccc(C)s4)cc3CCCCCCCC)s2)c(OCCCCCCCC)cc1-c1ccc(-c2sc(-c3ccc(C)s3)cc2CCCCCCCC)s1. The lowest BCUT2D eigenvalue weighted by molar-refractivity contribution is 0.305. The van der Waals surface area contributed by atoms with Gasteiger partial charge in [0.2, 0.25) is 0 Å². The van der Waals surface area contributed by atoms with Crippen LogP contribution >= 0.6 is 68.0 Å². The lowest BCUT2D eigenvalue weighted by atomic mass is 10.0. The number of unbranched alkanes of at least 4 members (excludes halogenated alkanes) is 15. The number of rotatable bonds is 29. The van der Waals surface area contributed by atoms with Gasteiger partial charge in [0.15, 0.2) is 0 Å². The topological polar surface area (TPSA) is 18.5 Å². The molecule has 8 heteroatoms. The second-order valence-corrected chi connectivity index (χ2v) is 25.4. The lowest BCUT2D eigenvalue weighted by Gasteiger charge is -2.15. The van der Waals surface area contributed by atoms with E-state index in [1.165, 1.54) is 163 Å². The minimum atomic E-state index is 0.652. The molecule has 0 fully saturated rings. The fourth-order valence-corrected chi connectivity index (χ4v) is 15.5. The van der Waals surface area contributed by atoms with Crippen LogP contribution in [0.3, 0.4) is 0 Å². The van der Waals surface area contributed by atoms with Gasteiger partial charge in [-0.1, -0.05) is 117 Å². The first-order valence-electron chi connectivity index (χ1n) is 26.4. The third-order valence-corrected chi connectivity index (χ3v) is 20.1. The van der Waals surface area contributed by atoms with Gasteiger partial charge >= 0.3 is 0 Å². The number of thiophene rings is 6. The van der Waals surface area contributed by atoms with Crippen LogP contribution in [0, 0.1) is 61.9 Å². The zero-order valence-electron chi connectivity index (χ0n) is 43.1. The molecule has 1 aromatic carbocycles. The molecular weight excluding hydrogens is 993 g/mol. The summed E-state index contributed by atoms with van der Waals surface area (Å²) in [5, 5.41) is 0. The third-order valence-electron chi connectivity index (χ3n) is 12.7. The predicted octanol–water partition coefficient (Wildman–Crippen LogP) is 21.2. The first-order valence-corrected chi connectivity index (χ1v) is 31.3. The van der Waals surface area contributed by atoms with E-state index >= 15 is 0 Å². The maximum absolute atomic E-state index is 6.91. The van der Waals surface area contributed by atoms with Crippen LogP contribution in [-0.4, -0.2) is 6.61 Å². The van der Waals surface area contributed by atoms with Crippen LogP contribution in [0.4, 0.5) is 0 Å². The Kier molecular flexibility index (Phi) is 22.8. The van der Waals surface area contributed by atoms with Crippen molar-refractivity contribution in [3.05, 3.63) is 93.7 Å². The molecule has 7 aromatic rings. The fraction of sp³-hybridized carbons (Fsp3) is 0.406. The van der Waals surface area contributed by atoms with Gasteiger partial charge in [-0.3, -0.25) is 0 Å². The van der Waals surface area contributed by atoms with Crippen LogP contribution in [0.5, 0.6) is 11.5 Å². The van der Waals surface area contributed by atoms with E-state index in [9.17, 15) is 0 Å². The lowest BCUT2D eigenvalue weighted by Crippen LogP contribution is -2.00. The molecule has 0 spiro atoms. The monoisotopic (exact) mass is 1060 g/mol. The van der Waals surface area contributed by atoms with Crippen LogP contribution in [0.25, 0.3) is 59.9 Å². The molecule has 0 aliphatic carbocycles. The highest BCUT2D eigenvalue weighted by atomic mass is 32.1. The summed E-state index contributed by atoms with van der Waals surface area (Å²) < 4.78 is 13.4. The van der Waals surface area contributed by atoms with Crippen LogP contribution in [0.1, 0.15) is 157 Å². The number of aryl methyl sites for hydroxylation is 4. The Morgan fingerprint density at radius 3 is 1.33 bits per heavy atom. The molecule has 2 nitrogen and oxygen atoms in total. The molecule has 0 saturated heterocycles. The van der Waals surface area contributed by atoms with Crippen LogP contribution in [-0.2, 0) is 12.8 Å². The Hall–Kier alpha value is -4.74. The minimum absolute atomic E-state index is 0.652. The third kappa shape index (κ3) is 16.1. The van der Waals surface area contributed by atoms with Crippen LogP contribution in [0.2, 0.25) is 0 Å². The number of hydrogen-bond donors (Lipinski definition) is 0. The zero-order chi connectivity index (χ0) is 50.3. The summed E-state index contributed by atoms with van der Waals surface area (Å²) in [4.78, 5) is 15.7. The average molecular weight is 1060 g/mol. The van der Waals surface area contributed by atoms with E-state index in [1.54, 1.807) is 0 Å². The van der Waals surface area contributed by atoms with E-state index in [-0.39, 0.29) is 0 Å². The van der Waals surface area contributed by atoms with Crippen LogP contribution < -0.4 is 9.47 Å². The van der Waals surface area contributed by atoms with Crippen molar-refractivity contribution < 1.29 is 9.47 Å². The van der Waals surface area contributed by atoms with Gasteiger partial charge in [-0.15, -0.1) is 74.4 Å². The van der Waals surface area contributed by atoms with Gasteiger partial charge in [-0.25, -0.2) is 0 Å². The van der Waals surface area contributed by atoms with Crippen molar-refractivity contribution in [3.63, 3.8) is 0 Å². The number of terminal acetylenes is 1. The Morgan fingerprint density at radius 1 is 0.403 bits per heavy atom. The Balaban J connectivity index is 1.27. The highest BCUT2D eigenvalue weighted by molar-refractivity contribution is 7.28. The second-order valence-electron chi connectivity index (χ2n) is 18.5. The molecule has 0 bridgehead atoms. The molecule has 0 amide bonds. The van der Waals surface area contributed by atoms with Crippen molar-refractivity contribution in [1.29, 1.82) is 0 Å². The number of hydrogen-bond acceptors (Lipinski definition) is 8. The van der Waals surface area contributed by atoms with Gasteiger partial charge in [0.05, 0.1) is 6.61 Å². The average Bonchev–Trinajstić information content (AvgIpc) is 4.26.